The van der Waals surface area contributed by atoms with Crippen LogP contribution in [0.25, 0.3) is 0 Å². The van der Waals surface area contributed by atoms with Crippen LogP contribution in [0.5, 0.6) is 0 Å². The average Bonchev–Trinajstić information content (AvgIpc) is 2.32. The molecule has 2 aromatic carbocycles. The van der Waals surface area contributed by atoms with E-state index in [2.05, 4.69) is 27.9 Å². The van der Waals surface area contributed by atoms with Gasteiger partial charge in [0.05, 0.1) is 0 Å². The number of anilines is 1. The van der Waals surface area contributed by atoms with Crippen molar-refractivity contribution in [3.63, 3.8) is 0 Å². The molecule has 0 aliphatic rings. The van der Waals surface area contributed by atoms with E-state index in [-0.39, 0.29) is 0 Å². The Hall–Kier alpha value is -1.17. The average molecular weight is 359 g/mol. The highest BCUT2D eigenvalue weighted by Gasteiger charge is 2.04. The molecule has 0 heterocycles. The van der Waals surface area contributed by atoms with E-state index in [9.17, 15) is 8.78 Å². The van der Waals surface area contributed by atoms with Crippen LogP contribution in [0.2, 0.25) is 0 Å². The van der Waals surface area contributed by atoms with Crippen LogP contribution in [-0.4, -0.2) is 0 Å². The van der Waals surface area contributed by atoms with Gasteiger partial charge in [0.15, 0.2) is 0 Å². The molecule has 0 aliphatic heterocycles. The first-order valence-electron chi connectivity index (χ1n) is 5.50. The second-order valence-electron chi connectivity index (χ2n) is 4.05. The molecule has 0 amide bonds. The Bertz CT molecular complexity index is 570. The summed E-state index contributed by atoms with van der Waals surface area (Å²) in [6.45, 7) is 2.37. The molecule has 18 heavy (non-hydrogen) atoms. The number of hydrogen-bond donors (Lipinski definition) is 1. The number of benzene rings is 2. The smallest absolute Gasteiger partial charge is 0.131 e. The first-order valence-corrected chi connectivity index (χ1v) is 6.58. The highest BCUT2D eigenvalue weighted by Crippen LogP contribution is 2.18. The summed E-state index contributed by atoms with van der Waals surface area (Å²) in [5.41, 5.74) is 2.58. The van der Waals surface area contributed by atoms with Crippen LogP contribution >= 0.6 is 22.6 Å². The molecule has 94 valence electrons. The van der Waals surface area contributed by atoms with Gasteiger partial charge >= 0.3 is 0 Å². The van der Waals surface area contributed by atoms with Crippen molar-refractivity contribution in [3.05, 3.63) is 62.7 Å². The Morgan fingerprint density at radius 2 is 1.89 bits per heavy atom. The summed E-state index contributed by atoms with van der Waals surface area (Å²) in [5, 5.41) is 3.12. The van der Waals surface area contributed by atoms with Gasteiger partial charge in [-0.1, -0.05) is 12.1 Å². The molecular weight excluding hydrogens is 347 g/mol. The minimum absolute atomic E-state index is 0.339. The molecule has 0 spiro atoms. The van der Waals surface area contributed by atoms with Gasteiger partial charge in [0.2, 0.25) is 0 Å². The maximum atomic E-state index is 13.4. The van der Waals surface area contributed by atoms with Gasteiger partial charge in [0, 0.05) is 27.4 Å². The van der Waals surface area contributed by atoms with Gasteiger partial charge < -0.3 is 5.32 Å². The Kier molecular flexibility index (Phi) is 4.16. The normalized spacial score (nSPS) is 10.4. The quantitative estimate of drug-likeness (QED) is 0.797. The molecule has 0 atom stereocenters. The minimum Gasteiger partial charge on any atom is -0.381 e. The lowest BCUT2D eigenvalue weighted by Crippen LogP contribution is -2.02. The zero-order valence-corrected chi connectivity index (χ0v) is 12.0. The van der Waals surface area contributed by atoms with Gasteiger partial charge in [-0.2, -0.15) is 0 Å². The molecule has 0 fully saturated rings. The summed E-state index contributed by atoms with van der Waals surface area (Å²) in [7, 11) is 0. The molecule has 0 aliphatic carbocycles. The number of nitrogens with one attached hydrogen (secondary N) is 1. The molecule has 0 saturated carbocycles. The SMILES string of the molecule is Cc1ccc(NCc2ccc(F)cc2F)cc1I. The predicted octanol–water partition coefficient (Wildman–Crippen LogP) is 4.49. The lowest BCUT2D eigenvalue weighted by molar-refractivity contribution is 0.574. The first-order chi connectivity index (χ1) is 8.56. The van der Waals surface area contributed by atoms with Crippen molar-refractivity contribution in [3.8, 4) is 0 Å². The summed E-state index contributed by atoms with van der Waals surface area (Å²) < 4.78 is 27.3. The van der Waals surface area contributed by atoms with Gasteiger partial charge in [-0.25, -0.2) is 8.78 Å². The summed E-state index contributed by atoms with van der Waals surface area (Å²) in [6, 6.07) is 9.56. The molecule has 0 unspecified atom stereocenters. The summed E-state index contributed by atoms with van der Waals surface area (Å²) in [4.78, 5) is 0. The van der Waals surface area contributed by atoms with Crippen molar-refractivity contribution in [2.75, 3.05) is 5.32 Å². The molecule has 0 saturated heterocycles. The molecule has 0 radical (unpaired) electrons. The predicted molar refractivity (Wildman–Crippen MR) is 77.6 cm³/mol. The zero-order valence-electron chi connectivity index (χ0n) is 9.81. The Balaban J connectivity index is 2.09. The van der Waals surface area contributed by atoms with E-state index in [0.29, 0.717) is 12.1 Å². The van der Waals surface area contributed by atoms with E-state index >= 15 is 0 Å². The third kappa shape index (κ3) is 3.19. The first kappa shape index (κ1) is 13.3. The second-order valence-corrected chi connectivity index (χ2v) is 5.22. The number of hydrogen-bond acceptors (Lipinski definition) is 1. The van der Waals surface area contributed by atoms with Crippen molar-refractivity contribution in [1.82, 2.24) is 0 Å². The standard InChI is InChI=1S/C14H12F2IN/c1-9-2-5-12(7-14(9)17)18-8-10-3-4-11(15)6-13(10)16/h2-7,18H,8H2,1H3. The van der Waals surface area contributed by atoms with Crippen molar-refractivity contribution in [1.29, 1.82) is 0 Å². The Morgan fingerprint density at radius 1 is 1.11 bits per heavy atom. The van der Waals surface area contributed by atoms with Gasteiger partial charge in [-0.15, -0.1) is 0 Å². The highest BCUT2D eigenvalue weighted by atomic mass is 127. The highest BCUT2D eigenvalue weighted by molar-refractivity contribution is 14.1. The monoisotopic (exact) mass is 359 g/mol. The lowest BCUT2D eigenvalue weighted by Gasteiger charge is -2.09. The molecule has 2 aromatic rings. The second kappa shape index (κ2) is 5.65. The van der Waals surface area contributed by atoms with Gasteiger partial charge in [-0.05, 0) is 53.3 Å². The van der Waals surface area contributed by atoms with Crippen molar-refractivity contribution >= 4 is 28.3 Å². The topological polar surface area (TPSA) is 12.0 Å². The molecule has 1 N–H and O–H groups in total. The van der Waals surface area contributed by atoms with Crippen molar-refractivity contribution in [2.45, 2.75) is 13.5 Å². The van der Waals surface area contributed by atoms with Crippen LogP contribution in [0.4, 0.5) is 14.5 Å². The van der Waals surface area contributed by atoms with Crippen LogP contribution in [0.15, 0.2) is 36.4 Å². The number of halogens is 3. The van der Waals surface area contributed by atoms with Crippen LogP contribution < -0.4 is 5.32 Å². The largest absolute Gasteiger partial charge is 0.381 e. The Labute approximate surface area is 118 Å². The fourth-order valence-corrected chi connectivity index (χ4v) is 2.08. The summed E-state index contributed by atoms with van der Waals surface area (Å²) in [5.74, 6) is -1.08. The fraction of sp³-hybridized carbons (Fsp3) is 0.143. The number of aryl methyl sites for hydroxylation is 1. The van der Waals surface area contributed by atoms with Crippen LogP contribution in [0.1, 0.15) is 11.1 Å². The van der Waals surface area contributed by atoms with Crippen LogP contribution in [-0.2, 0) is 6.54 Å². The van der Waals surface area contributed by atoms with Gasteiger partial charge in [-0.3, -0.25) is 0 Å². The van der Waals surface area contributed by atoms with E-state index in [1.165, 1.54) is 17.7 Å². The van der Waals surface area contributed by atoms with Gasteiger partial charge in [0.25, 0.3) is 0 Å². The maximum Gasteiger partial charge on any atom is 0.131 e. The zero-order chi connectivity index (χ0) is 13.1. The third-order valence-electron chi connectivity index (χ3n) is 2.67. The number of rotatable bonds is 3. The molecule has 0 aromatic heterocycles. The van der Waals surface area contributed by atoms with E-state index in [0.717, 1.165) is 15.3 Å². The van der Waals surface area contributed by atoms with Gasteiger partial charge in [0.1, 0.15) is 11.6 Å². The summed E-state index contributed by atoms with van der Waals surface area (Å²) >= 11 is 2.25. The van der Waals surface area contributed by atoms with E-state index in [1.807, 2.05) is 25.1 Å². The molecule has 2 rings (SSSR count). The fourth-order valence-electron chi connectivity index (χ4n) is 1.57. The molecular formula is C14H12F2IN. The van der Waals surface area contributed by atoms with Crippen LogP contribution in [0.3, 0.4) is 0 Å². The van der Waals surface area contributed by atoms with E-state index in [4.69, 9.17) is 0 Å². The van der Waals surface area contributed by atoms with Crippen LogP contribution in [0, 0.1) is 22.1 Å². The molecule has 0 bridgehead atoms. The van der Waals surface area contributed by atoms with E-state index in [1.54, 1.807) is 0 Å². The minimum atomic E-state index is -0.555. The van der Waals surface area contributed by atoms with Crippen molar-refractivity contribution < 1.29 is 8.78 Å². The van der Waals surface area contributed by atoms with E-state index < -0.39 is 11.6 Å². The Morgan fingerprint density at radius 3 is 2.56 bits per heavy atom. The molecule has 4 heteroatoms. The lowest BCUT2D eigenvalue weighted by atomic mass is 10.2. The third-order valence-corrected chi connectivity index (χ3v) is 3.83. The summed E-state index contributed by atoms with van der Waals surface area (Å²) in [6.07, 6.45) is 0. The maximum absolute atomic E-state index is 13.4. The van der Waals surface area contributed by atoms with Crippen molar-refractivity contribution in [2.24, 2.45) is 0 Å². The molecule has 1 nitrogen and oxygen atoms in total.